The second-order valence-electron chi connectivity index (χ2n) is 8.59. The summed E-state index contributed by atoms with van der Waals surface area (Å²) in [4.78, 5) is 39.5. The Labute approximate surface area is 190 Å². The molecule has 0 aliphatic carbocycles. The Morgan fingerprint density at radius 3 is 2.76 bits per heavy atom. The molecule has 2 fully saturated rings. The summed E-state index contributed by atoms with van der Waals surface area (Å²) in [5.74, 6) is -0.194. The van der Waals surface area contributed by atoms with E-state index in [-0.39, 0.29) is 24.1 Å². The lowest BCUT2D eigenvalue weighted by Crippen LogP contribution is -2.48. The quantitative estimate of drug-likeness (QED) is 0.593. The second-order valence-corrected chi connectivity index (χ2v) is 8.59. The molecule has 2 aromatic carbocycles. The lowest BCUT2D eigenvalue weighted by atomic mass is 9.91. The van der Waals surface area contributed by atoms with E-state index in [9.17, 15) is 14.4 Å². The van der Waals surface area contributed by atoms with E-state index in [1.54, 1.807) is 6.92 Å². The number of benzene rings is 2. The Hall–Kier alpha value is -3.46. The first-order chi connectivity index (χ1) is 16.0. The summed E-state index contributed by atoms with van der Waals surface area (Å²) in [7, 11) is 0. The topological polar surface area (TPSA) is 105 Å². The first-order valence-corrected chi connectivity index (χ1v) is 11.3. The molecule has 2 aliphatic heterocycles. The van der Waals surface area contributed by atoms with Gasteiger partial charge in [-0.15, -0.1) is 0 Å². The van der Waals surface area contributed by atoms with Gasteiger partial charge in [0.25, 0.3) is 0 Å². The second kappa shape index (κ2) is 8.82. The number of carbonyl (C=O) groups excluding carboxylic acids is 3. The van der Waals surface area contributed by atoms with Crippen LogP contribution in [0.1, 0.15) is 31.4 Å². The Morgan fingerprint density at radius 2 is 2.00 bits per heavy atom. The number of nitrogens with one attached hydrogen (secondary N) is 1. The number of hydrogen-bond acceptors (Lipinski definition) is 7. The van der Waals surface area contributed by atoms with Gasteiger partial charge in [0.05, 0.1) is 11.3 Å². The van der Waals surface area contributed by atoms with Crippen molar-refractivity contribution in [2.45, 2.75) is 25.7 Å². The van der Waals surface area contributed by atoms with Crippen LogP contribution in [0.25, 0.3) is 21.7 Å². The van der Waals surface area contributed by atoms with E-state index in [1.807, 2.05) is 35.2 Å². The maximum atomic E-state index is 12.4. The summed E-state index contributed by atoms with van der Waals surface area (Å²) in [5.41, 5.74) is 1.18. The van der Waals surface area contributed by atoms with Crippen molar-refractivity contribution in [1.29, 1.82) is 0 Å². The zero-order valence-electron chi connectivity index (χ0n) is 18.5. The summed E-state index contributed by atoms with van der Waals surface area (Å²) in [6.07, 6.45) is 0.710. The van der Waals surface area contributed by atoms with Crippen LogP contribution in [-0.2, 0) is 14.4 Å². The van der Waals surface area contributed by atoms with Gasteiger partial charge in [0.15, 0.2) is 5.58 Å². The number of fused-ring (bicyclic) bond motifs is 3. The smallest absolute Gasteiger partial charge is 0.235 e. The van der Waals surface area contributed by atoms with Crippen molar-refractivity contribution in [2.75, 3.05) is 39.3 Å². The first kappa shape index (κ1) is 21.4. The normalized spacial score (nSPS) is 19.8. The molecule has 1 aromatic heterocycles. The van der Waals surface area contributed by atoms with Crippen LogP contribution in [0.5, 0.6) is 5.75 Å². The summed E-state index contributed by atoms with van der Waals surface area (Å²) >= 11 is 0. The molecule has 0 radical (unpaired) electrons. The van der Waals surface area contributed by atoms with Crippen LogP contribution in [0.3, 0.4) is 0 Å². The zero-order chi connectivity index (χ0) is 22.9. The van der Waals surface area contributed by atoms with E-state index in [4.69, 9.17) is 9.26 Å². The number of imide groups is 1. The van der Waals surface area contributed by atoms with Crippen LogP contribution in [0.2, 0.25) is 0 Å². The van der Waals surface area contributed by atoms with E-state index < -0.39 is 5.92 Å². The van der Waals surface area contributed by atoms with E-state index in [0.29, 0.717) is 24.3 Å². The Balaban J connectivity index is 1.30. The van der Waals surface area contributed by atoms with Crippen molar-refractivity contribution in [3.8, 4) is 5.75 Å². The molecule has 5 rings (SSSR count). The van der Waals surface area contributed by atoms with Crippen molar-refractivity contribution < 1.29 is 23.6 Å². The van der Waals surface area contributed by atoms with Crippen molar-refractivity contribution in [3.05, 3.63) is 36.0 Å². The van der Waals surface area contributed by atoms with Gasteiger partial charge in [0, 0.05) is 46.1 Å². The molecule has 33 heavy (non-hydrogen) atoms. The minimum absolute atomic E-state index is 0.129. The summed E-state index contributed by atoms with van der Waals surface area (Å²) < 4.78 is 11.5. The highest BCUT2D eigenvalue weighted by Crippen LogP contribution is 2.36. The molecule has 9 heteroatoms. The number of piperazine rings is 1. The van der Waals surface area contributed by atoms with Gasteiger partial charge in [0.1, 0.15) is 18.1 Å². The van der Waals surface area contributed by atoms with Crippen LogP contribution < -0.4 is 10.1 Å². The number of amides is 3. The first-order valence-electron chi connectivity index (χ1n) is 11.3. The van der Waals surface area contributed by atoms with Crippen molar-refractivity contribution in [1.82, 2.24) is 20.3 Å². The predicted octanol–water partition coefficient (Wildman–Crippen LogP) is 2.04. The monoisotopic (exact) mass is 450 g/mol. The molecule has 0 bridgehead atoms. The molecule has 1 atom stereocenters. The van der Waals surface area contributed by atoms with Crippen molar-refractivity contribution in [2.24, 2.45) is 0 Å². The fraction of sp³-hybridized carbons (Fsp3) is 0.417. The molecule has 3 amide bonds. The SMILES string of the molecule is CC(=O)N1CCN(CCOc2ccc3c(ccc4onc(C5CCC(=O)NC5=O)c43)c2)CC1. The summed E-state index contributed by atoms with van der Waals surface area (Å²) in [6.45, 7) is 6.20. The van der Waals surface area contributed by atoms with Gasteiger partial charge in [-0.2, -0.15) is 0 Å². The fourth-order valence-corrected chi connectivity index (χ4v) is 4.63. The van der Waals surface area contributed by atoms with Gasteiger partial charge in [-0.25, -0.2) is 0 Å². The number of rotatable bonds is 5. The minimum Gasteiger partial charge on any atom is -0.492 e. The highest BCUT2D eigenvalue weighted by atomic mass is 16.5. The molecule has 9 nitrogen and oxygen atoms in total. The highest BCUT2D eigenvalue weighted by molar-refractivity contribution is 6.10. The third-order valence-corrected chi connectivity index (χ3v) is 6.51. The summed E-state index contributed by atoms with van der Waals surface area (Å²) in [5, 5.41) is 9.27. The molecule has 1 N–H and O–H groups in total. The highest BCUT2D eigenvalue weighted by Gasteiger charge is 2.32. The predicted molar refractivity (Wildman–Crippen MR) is 121 cm³/mol. The van der Waals surface area contributed by atoms with Gasteiger partial charge in [-0.3, -0.25) is 24.6 Å². The average molecular weight is 450 g/mol. The van der Waals surface area contributed by atoms with E-state index in [0.717, 1.165) is 54.6 Å². The van der Waals surface area contributed by atoms with Gasteiger partial charge in [0.2, 0.25) is 17.7 Å². The molecule has 3 heterocycles. The van der Waals surface area contributed by atoms with Gasteiger partial charge in [-0.05, 0) is 41.5 Å². The average Bonchev–Trinajstić information content (AvgIpc) is 3.23. The molecule has 2 saturated heterocycles. The number of aromatic nitrogens is 1. The maximum Gasteiger partial charge on any atom is 0.235 e. The molecule has 1 unspecified atom stereocenters. The van der Waals surface area contributed by atoms with Gasteiger partial charge < -0.3 is 14.2 Å². The van der Waals surface area contributed by atoms with E-state index in [2.05, 4.69) is 15.4 Å². The van der Waals surface area contributed by atoms with Gasteiger partial charge >= 0.3 is 0 Å². The molecule has 172 valence electrons. The zero-order valence-corrected chi connectivity index (χ0v) is 18.5. The van der Waals surface area contributed by atoms with Crippen LogP contribution in [-0.4, -0.2) is 72.0 Å². The van der Waals surface area contributed by atoms with Crippen LogP contribution >= 0.6 is 0 Å². The van der Waals surface area contributed by atoms with Gasteiger partial charge in [-0.1, -0.05) is 11.2 Å². The van der Waals surface area contributed by atoms with E-state index >= 15 is 0 Å². The molecule has 0 spiro atoms. The summed E-state index contributed by atoms with van der Waals surface area (Å²) in [6, 6.07) is 9.65. The number of piperidine rings is 1. The lowest BCUT2D eigenvalue weighted by molar-refractivity contribution is -0.134. The number of carbonyl (C=O) groups is 3. The Morgan fingerprint density at radius 1 is 1.18 bits per heavy atom. The van der Waals surface area contributed by atoms with Crippen LogP contribution in [0.4, 0.5) is 0 Å². The van der Waals surface area contributed by atoms with Crippen molar-refractivity contribution in [3.63, 3.8) is 0 Å². The van der Waals surface area contributed by atoms with E-state index in [1.165, 1.54) is 0 Å². The largest absolute Gasteiger partial charge is 0.492 e. The third kappa shape index (κ3) is 4.28. The fourth-order valence-electron chi connectivity index (χ4n) is 4.63. The van der Waals surface area contributed by atoms with Crippen LogP contribution in [0, 0.1) is 0 Å². The Kier molecular flexibility index (Phi) is 5.72. The number of hydrogen-bond donors (Lipinski definition) is 1. The molecular formula is C24H26N4O5. The Bertz CT molecular complexity index is 1230. The standard InChI is InChI=1S/C24H26N4O5/c1-15(29)28-10-8-27(9-11-28)12-13-32-17-3-4-18-16(14-17)2-6-20-22(18)23(26-33-20)19-5-7-21(30)25-24(19)31/h2-4,6,14,19H,5,7-13H2,1H3,(H,25,30,31). The molecular weight excluding hydrogens is 424 g/mol. The minimum atomic E-state index is -0.506. The van der Waals surface area contributed by atoms with Crippen molar-refractivity contribution >= 4 is 39.5 Å². The lowest BCUT2D eigenvalue weighted by Gasteiger charge is -2.34. The van der Waals surface area contributed by atoms with Crippen LogP contribution in [0.15, 0.2) is 34.9 Å². The number of ether oxygens (including phenoxy) is 1. The molecule has 2 aliphatic rings. The molecule has 0 saturated carbocycles. The maximum absolute atomic E-state index is 12.4. The molecule has 3 aromatic rings. The third-order valence-electron chi connectivity index (χ3n) is 6.51. The number of nitrogens with zero attached hydrogens (tertiary/aromatic N) is 3.